The Morgan fingerprint density at radius 2 is 1.84 bits per heavy atom. The van der Waals surface area contributed by atoms with Gasteiger partial charge in [-0.2, -0.15) is 0 Å². The van der Waals surface area contributed by atoms with E-state index >= 15 is 0 Å². The molecule has 0 bridgehead atoms. The van der Waals surface area contributed by atoms with Gasteiger partial charge in [-0.05, 0) is 23.0 Å². The van der Waals surface area contributed by atoms with Crippen LogP contribution in [0, 0.1) is 5.41 Å². The number of ketones is 1. The standard InChI is InChI=1S/C17H20O2/c1-17(2,3)16-9-11-8-15(18)13-7-5-4-6-12(13)14(11)10-19-16/h4-7,16H,8-10H2,1-3H3. The minimum Gasteiger partial charge on any atom is -0.373 e. The van der Waals surface area contributed by atoms with E-state index in [0.29, 0.717) is 13.0 Å². The summed E-state index contributed by atoms with van der Waals surface area (Å²) in [5.41, 5.74) is 4.60. The first-order chi connectivity index (χ1) is 8.97. The maximum absolute atomic E-state index is 12.2. The molecule has 0 aromatic heterocycles. The third-order valence-corrected chi connectivity index (χ3v) is 4.18. The Balaban J connectivity index is 2.01. The van der Waals surface area contributed by atoms with Crippen LogP contribution >= 0.6 is 0 Å². The molecule has 1 aliphatic carbocycles. The van der Waals surface area contributed by atoms with Crippen LogP contribution in [0.15, 0.2) is 29.8 Å². The molecule has 0 saturated carbocycles. The van der Waals surface area contributed by atoms with Crippen molar-refractivity contribution in [1.29, 1.82) is 0 Å². The van der Waals surface area contributed by atoms with Gasteiger partial charge in [0, 0.05) is 12.0 Å². The van der Waals surface area contributed by atoms with Gasteiger partial charge < -0.3 is 4.74 Å². The summed E-state index contributed by atoms with van der Waals surface area (Å²) in [6.45, 7) is 7.23. The molecule has 1 aromatic rings. The third kappa shape index (κ3) is 2.14. The van der Waals surface area contributed by atoms with Gasteiger partial charge in [-0.1, -0.05) is 50.6 Å². The van der Waals surface area contributed by atoms with E-state index in [0.717, 1.165) is 17.5 Å². The Bertz CT molecular complexity index is 561. The molecule has 3 rings (SSSR count). The van der Waals surface area contributed by atoms with E-state index in [1.807, 2.05) is 24.3 Å². The zero-order chi connectivity index (χ0) is 13.6. The monoisotopic (exact) mass is 256 g/mol. The van der Waals surface area contributed by atoms with Gasteiger partial charge in [0.25, 0.3) is 0 Å². The van der Waals surface area contributed by atoms with Crippen molar-refractivity contribution in [2.75, 3.05) is 6.61 Å². The van der Waals surface area contributed by atoms with Crippen LogP contribution in [0.2, 0.25) is 0 Å². The van der Waals surface area contributed by atoms with Crippen LogP contribution < -0.4 is 0 Å². The second-order valence-electron chi connectivity index (χ2n) is 6.60. The number of benzene rings is 1. The number of rotatable bonds is 0. The normalized spacial score (nSPS) is 23.1. The fraction of sp³-hybridized carbons (Fsp3) is 0.471. The minimum atomic E-state index is 0.124. The molecule has 2 nitrogen and oxygen atoms in total. The van der Waals surface area contributed by atoms with Crippen molar-refractivity contribution < 1.29 is 9.53 Å². The molecule has 0 radical (unpaired) electrons. The van der Waals surface area contributed by atoms with Crippen molar-refractivity contribution in [2.24, 2.45) is 5.41 Å². The van der Waals surface area contributed by atoms with Crippen molar-refractivity contribution in [1.82, 2.24) is 0 Å². The SMILES string of the molecule is CC(C)(C)C1CC2=C(CO1)c1ccccc1C(=O)C2. The van der Waals surface area contributed by atoms with Gasteiger partial charge in [-0.15, -0.1) is 0 Å². The molecule has 0 N–H and O–H groups in total. The highest BCUT2D eigenvalue weighted by Gasteiger charge is 2.34. The second-order valence-corrected chi connectivity index (χ2v) is 6.60. The molecule has 1 unspecified atom stereocenters. The molecule has 1 aromatic carbocycles. The number of hydrogen-bond donors (Lipinski definition) is 0. The fourth-order valence-electron chi connectivity index (χ4n) is 2.97. The van der Waals surface area contributed by atoms with E-state index in [1.165, 1.54) is 11.1 Å². The van der Waals surface area contributed by atoms with E-state index in [4.69, 9.17) is 4.74 Å². The van der Waals surface area contributed by atoms with Crippen molar-refractivity contribution in [3.63, 3.8) is 0 Å². The number of carbonyl (C=O) groups excluding carboxylic acids is 1. The maximum Gasteiger partial charge on any atom is 0.167 e. The van der Waals surface area contributed by atoms with E-state index in [-0.39, 0.29) is 17.3 Å². The van der Waals surface area contributed by atoms with Gasteiger partial charge in [0.1, 0.15) is 0 Å². The summed E-state index contributed by atoms with van der Waals surface area (Å²) in [6.07, 6.45) is 1.67. The quantitative estimate of drug-likeness (QED) is 0.704. The molecular formula is C17H20O2. The molecule has 0 fully saturated rings. The zero-order valence-electron chi connectivity index (χ0n) is 11.8. The van der Waals surface area contributed by atoms with Crippen LogP contribution in [0.1, 0.15) is 49.5 Å². The molecule has 0 spiro atoms. The highest BCUT2D eigenvalue weighted by Crippen LogP contribution is 2.40. The van der Waals surface area contributed by atoms with Gasteiger partial charge >= 0.3 is 0 Å². The third-order valence-electron chi connectivity index (χ3n) is 4.18. The average Bonchev–Trinajstić information content (AvgIpc) is 2.37. The number of ether oxygens (including phenoxy) is 1. The number of carbonyl (C=O) groups is 1. The van der Waals surface area contributed by atoms with Gasteiger partial charge in [0.15, 0.2) is 5.78 Å². The lowest BCUT2D eigenvalue weighted by Crippen LogP contribution is -2.35. The Hall–Kier alpha value is -1.41. The molecular weight excluding hydrogens is 236 g/mol. The van der Waals surface area contributed by atoms with E-state index in [2.05, 4.69) is 20.8 Å². The Morgan fingerprint density at radius 1 is 1.16 bits per heavy atom. The van der Waals surface area contributed by atoms with Crippen LogP contribution in [0.5, 0.6) is 0 Å². The molecule has 0 saturated heterocycles. The highest BCUT2D eigenvalue weighted by molar-refractivity contribution is 6.06. The van der Waals surface area contributed by atoms with Crippen molar-refractivity contribution in [3.05, 3.63) is 41.0 Å². The smallest absolute Gasteiger partial charge is 0.167 e. The van der Waals surface area contributed by atoms with Crippen LogP contribution in [0.25, 0.3) is 5.57 Å². The highest BCUT2D eigenvalue weighted by atomic mass is 16.5. The maximum atomic E-state index is 12.2. The lowest BCUT2D eigenvalue weighted by molar-refractivity contribution is -0.00748. The second kappa shape index (κ2) is 4.31. The zero-order valence-corrected chi connectivity index (χ0v) is 11.8. The average molecular weight is 256 g/mol. The summed E-state index contributed by atoms with van der Waals surface area (Å²) in [4.78, 5) is 12.2. The van der Waals surface area contributed by atoms with Crippen LogP contribution in [0.3, 0.4) is 0 Å². The number of hydrogen-bond acceptors (Lipinski definition) is 2. The van der Waals surface area contributed by atoms with Crippen molar-refractivity contribution in [2.45, 2.75) is 39.7 Å². The molecule has 19 heavy (non-hydrogen) atoms. The molecule has 1 aliphatic heterocycles. The Kier molecular flexibility index (Phi) is 2.86. The first kappa shape index (κ1) is 12.6. The van der Waals surface area contributed by atoms with Crippen LogP contribution in [-0.4, -0.2) is 18.5 Å². The van der Waals surface area contributed by atoms with Gasteiger partial charge in [0.05, 0.1) is 12.7 Å². The lowest BCUT2D eigenvalue weighted by Gasteiger charge is -2.37. The molecule has 100 valence electrons. The van der Waals surface area contributed by atoms with E-state index in [1.54, 1.807) is 0 Å². The number of fused-ring (bicyclic) bond motifs is 2. The lowest BCUT2D eigenvalue weighted by atomic mass is 9.77. The van der Waals surface area contributed by atoms with Gasteiger partial charge in [-0.3, -0.25) is 4.79 Å². The summed E-state index contributed by atoms with van der Waals surface area (Å²) in [5, 5.41) is 0. The van der Waals surface area contributed by atoms with Crippen LogP contribution in [0.4, 0.5) is 0 Å². The van der Waals surface area contributed by atoms with Crippen molar-refractivity contribution >= 4 is 11.4 Å². The molecule has 0 amide bonds. The summed E-state index contributed by atoms with van der Waals surface area (Å²) < 4.78 is 6.03. The summed E-state index contributed by atoms with van der Waals surface area (Å²) in [7, 11) is 0. The topological polar surface area (TPSA) is 26.3 Å². The molecule has 1 heterocycles. The fourth-order valence-corrected chi connectivity index (χ4v) is 2.97. The molecule has 1 atom stereocenters. The van der Waals surface area contributed by atoms with E-state index < -0.39 is 0 Å². The Labute approximate surface area is 114 Å². The predicted octanol–water partition coefficient (Wildman–Crippen LogP) is 3.86. The first-order valence-electron chi connectivity index (χ1n) is 6.92. The summed E-state index contributed by atoms with van der Waals surface area (Å²) in [6, 6.07) is 7.90. The van der Waals surface area contributed by atoms with Gasteiger partial charge in [0.2, 0.25) is 0 Å². The Morgan fingerprint density at radius 3 is 2.53 bits per heavy atom. The van der Waals surface area contributed by atoms with Crippen LogP contribution in [-0.2, 0) is 4.74 Å². The largest absolute Gasteiger partial charge is 0.373 e. The first-order valence-corrected chi connectivity index (χ1v) is 6.92. The van der Waals surface area contributed by atoms with Crippen molar-refractivity contribution in [3.8, 4) is 0 Å². The minimum absolute atomic E-state index is 0.124. The number of Topliss-reactive ketones (excluding diaryl/α,β-unsaturated/α-hetero) is 1. The summed E-state index contributed by atoms with van der Waals surface area (Å²) >= 11 is 0. The molecule has 2 heteroatoms. The predicted molar refractivity (Wildman–Crippen MR) is 76.1 cm³/mol. The van der Waals surface area contributed by atoms with Gasteiger partial charge in [-0.25, -0.2) is 0 Å². The van der Waals surface area contributed by atoms with E-state index in [9.17, 15) is 4.79 Å². The summed E-state index contributed by atoms with van der Waals surface area (Å²) in [5.74, 6) is 0.254. The molecule has 2 aliphatic rings.